The fraction of sp³-hybridized carbons (Fsp3) is 0.400. The van der Waals surface area contributed by atoms with Gasteiger partial charge in [-0.15, -0.1) is 0 Å². The van der Waals surface area contributed by atoms with Gasteiger partial charge in [0, 0.05) is 24.2 Å². The van der Waals surface area contributed by atoms with Crippen LogP contribution >= 0.6 is 0 Å². The lowest BCUT2D eigenvalue weighted by Crippen LogP contribution is -2.44. The number of rotatable bonds is 4. The Kier molecular flexibility index (Phi) is 5.61. The molecule has 26 heavy (non-hydrogen) atoms. The molecular weight excluding hydrogens is 328 g/mol. The summed E-state index contributed by atoms with van der Waals surface area (Å²) in [5.74, 6) is -0.0732. The van der Waals surface area contributed by atoms with Crippen LogP contribution in [0.5, 0.6) is 0 Å². The monoisotopic (exact) mass is 354 g/mol. The highest BCUT2D eigenvalue weighted by atomic mass is 16.2. The van der Waals surface area contributed by atoms with Crippen LogP contribution in [0.4, 0.5) is 0 Å². The van der Waals surface area contributed by atoms with Crippen LogP contribution in [0, 0.1) is 0 Å². The molecule has 0 radical (unpaired) electrons. The molecule has 0 saturated heterocycles. The number of amides is 2. The highest BCUT2D eigenvalue weighted by Gasteiger charge is 2.25. The molecule has 2 aromatic rings. The second-order valence-electron chi connectivity index (χ2n) is 7.01. The molecule has 0 unspecified atom stereocenters. The summed E-state index contributed by atoms with van der Waals surface area (Å²) in [5, 5.41) is 6.21. The largest absolute Gasteiger partial charge is 0.349 e. The fourth-order valence-corrected chi connectivity index (χ4v) is 3.36. The molecule has 0 spiro atoms. The smallest absolute Gasteiger partial charge is 0.257 e. The van der Waals surface area contributed by atoms with Crippen molar-refractivity contribution in [1.29, 1.82) is 0 Å². The van der Waals surface area contributed by atoms with Crippen LogP contribution in [0.2, 0.25) is 0 Å². The number of aryl methyl sites for hydroxylation is 2. The summed E-state index contributed by atoms with van der Waals surface area (Å²) < 4.78 is 3.73. The van der Waals surface area contributed by atoms with Gasteiger partial charge in [-0.05, 0) is 37.8 Å². The zero-order valence-electron chi connectivity index (χ0n) is 15.3. The molecule has 1 saturated carbocycles. The molecule has 6 nitrogen and oxygen atoms in total. The molecule has 1 aliphatic carbocycles. The Morgan fingerprint density at radius 2 is 1.19 bits per heavy atom. The summed E-state index contributed by atoms with van der Waals surface area (Å²) in [6.45, 7) is 0. The van der Waals surface area contributed by atoms with E-state index in [0.717, 1.165) is 25.7 Å². The molecule has 6 heteroatoms. The molecule has 0 aromatic carbocycles. The molecule has 1 aliphatic rings. The average Bonchev–Trinajstić information content (AvgIpc) is 2.63. The summed E-state index contributed by atoms with van der Waals surface area (Å²) in [6, 6.07) is 7.70. The first-order chi connectivity index (χ1) is 12.5. The van der Waals surface area contributed by atoms with E-state index in [4.69, 9.17) is 0 Å². The van der Waals surface area contributed by atoms with E-state index in [1.807, 2.05) is 72.3 Å². The van der Waals surface area contributed by atoms with E-state index in [1.54, 1.807) is 0 Å². The van der Waals surface area contributed by atoms with Crippen molar-refractivity contribution in [2.75, 3.05) is 0 Å². The maximum absolute atomic E-state index is 12.3. The van der Waals surface area contributed by atoms with E-state index in [-0.39, 0.29) is 23.9 Å². The number of nitrogens with one attached hydrogen (secondary N) is 2. The first-order valence-corrected chi connectivity index (χ1v) is 9.03. The fourth-order valence-electron chi connectivity index (χ4n) is 3.36. The van der Waals surface area contributed by atoms with E-state index in [9.17, 15) is 9.59 Å². The lowest BCUT2D eigenvalue weighted by atomic mass is 9.91. The van der Waals surface area contributed by atoms with Gasteiger partial charge in [0.1, 0.15) is 25.2 Å². The Bertz CT molecular complexity index is 730. The average molecular weight is 354 g/mol. The molecule has 3 rings (SSSR count). The number of nitrogens with zero attached hydrogens (tertiary/aromatic N) is 2. The van der Waals surface area contributed by atoms with Crippen molar-refractivity contribution >= 4 is 11.8 Å². The number of hydrogen-bond acceptors (Lipinski definition) is 2. The highest BCUT2D eigenvalue weighted by Crippen LogP contribution is 2.19. The van der Waals surface area contributed by atoms with E-state index < -0.39 is 0 Å². The van der Waals surface area contributed by atoms with Gasteiger partial charge in [-0.3, -0.25) is 9.59 Å². The second kappa shape index (κ2) is 8.08. The molecule has 1 fully saturated rings. The lowest BCUT2D eigenvalue weighted by Gasteiger charge is -2.29. The molecule has 0 atom stereocenters. The van der Waals surface area contributed by atoms with Crippen LogP contribution in [0.3, 0.4) is 0 Å². The third kappa shape index (κ3) is 4.65. The first-order valence-electron chi connectivity index (χ1n) is 9.03. The van der Waals surface area contributed by atoms with E-state index >= 15 is 0 Å². The first kappa shape index (κ1) is 18.0. The Morgan fingerprint density at radius 3 is 1.54 bits per heavy atom. The molecule has 2 amide bonds. The van der Waals surface area contributed by atoms with Crippen LogP contribution < -0.4 is 19.8 Å². The maximum Gasteiger partial charge on any atom is 0.257 e. The SMILES string of the molecule is C[n+]1cccc(C(=O)NC2CCC(NC(=O)c3ccc[n+](C)c3)CC2)c1. The van der Waals surface area contributed by atoms with Gasteiger partial charge in [-0.2, -0.15) is 0 Å². The number of carbonyl (C=O) groups excluding carboxylic acids is 2. The molecule has 0 bridgehead atoms. The van der Waals surface area contributed by atoms with Crippen molar-refractivity contribution in [2.24, 2.45) is 14.1 Å². The minimum atomic E-state index is -0.0366. The van der Waals surface area contributed by atoms with Crippen LogP contribution in [-0.4, -0.2) is 23.9 Å². The zero-order valence-corrected chi connectivity index (χ0v) is 15.3. The summed E-state index contributed by atoms with van der Waals surface area (Å²) in [4.78, 5) is 24.7. The van der Waals surface area contributed by atoms with Gasteiger partial charge in [0.25, 0.3) is 11.8 Å². The highest BCUT2D eigenvalue weighted by molar-refractivity contribution is 5.94. The summed E-state index contributed by atoms with van der Waals surface area (Å²) in [6.07, 6.45) is 10.9. The molecule has 2 aromatic heterocycles. The minimum absolute atomic E-state index is 0.0366. The molecule has 2 N–H and O–H groups in total. The number of carbonyl (C=O) groups is 2. The van der Waals surface area contributed by atoms with Gasteiger partial charge in [-0.1, -0.05) is 0 Å². The van der Waals surface area contributed by atoms with Crippen LogP contribution in [0.15, 0.2) is 49.1 Å². The maximum atomic E-state index is 12.3. The Hall–Kier alpha value is -2.76. The summed E-state index contributed by atoms with van der Waals surface area (Å²) >= 11 is 0. The molecule has 136 valence electrons. The van der Waals surface area contributed by atoms with Gasteiger partial charge < -0.3 is 10.6 Å². The quantitative estimate of drug-likeness (QED) is 0.798. The topological polar surface area (TPSA) is 66.0 Å². The number of hydrogen-bond donors (Lipinski definition) is 2. The minimum Gasteiger partial charge on any atom is -0.349 e. The van der Waals surface area contributed by atoms with Crippen molar-refractivity contribution in [3.63, 3.8) is 0 Å². The van der Waals surface area contributed by atoms with Crippen molar-refractivity contribution in [1.82, 2.24) is 10.6 Å². The lowest BCUT2D eigenvalue weighted by molar-refractivity contribution is -0.671. The van der Waals surface area contributed by atoms with Crippen molar-refractivity contribution in [2.45, 2.75) is 37.8 Å². The Labute approximate surface area is 153 Å². The van der Waals surface area contributed by atoms with E-state index in [2.05, 4.69) is 10.6 Å². The summed E-state index contributed by atoms with van der Waals surface area (Å²) in [7, 11) is 3.80. The molecule has 2 heterocycles. The van der Waals surface area contributed by atoms with Gasteiger partial charge in [0.2, 0.25) is 0 Å². The normalized spacial score (nSPS) is 19.6. The third-order valence-corrected chi connectivity index (χ3v) is 4.80. The Balaban J connectivity index is 1.48. The summed E-state index contributed by atoms with van der Waals surface area (Å²) in [5.41, 5.74) is 1.34. The van der Waals surface area contributed by atoms with Crippen molar-refractivity contribution in [3.05, 3.63) is 60.2 Å². The van der Waals surface area contributed by atoms with Crippen LogP contribution in [0.1, 0.15) is 46.4 Å². The van der Waals surface area contributed by atoms with Crippen LogP contribution in [-0.2, 0) is 14.1 Å². The molecule has 0 aliphatic heterocycles. The number of pyridine rings is 2. The zero-order chi connectivity index (χ0) is 18.5. The van der Waals surface area contributed by atoms with Gasteiger partial charge in [0.05, 0.1) is 0 Å². The van der Waals surface area contributed by atoms with Gasteiger partial charge >= 0.3 is 0 Å². The van der Waals surface area contributed by atoms with E-state index in [0.29, 0.717) is 11.1 Å². The van der Waals surface area contributed by atoms with Crippen molar-refractivity contribution in [3.8, 4) is 0 Å². The standard InChI is InChI=1S/C20H24N4O2/c1-23-11-3-5-15(13-23)19(25)21-17-7-9-18(10-8-17)22-20(26)16-6-4-12-24(2)14-16/h3-6,11-14,17-18H,7-10H2,1-2H3/p+2. The van der Waals surface area contributed by atoms with Gasteiger partial charge in [0.15, 0.2) is 24.8 Å². The predicted octanol–water partition coefficient (Wildman–Crippen LogP) is 0.807. The third-order valence-electron chi connectivity index (χ3n) is 4.80. The van der Waals surface area contributed by atoms with Gasteiger partial charge in [-0.25, -0.2) is 9.13 Å². The second-order valence-corrected chi connectivity index (χ2v) is 7.01. The van der Waals surface area contributed by atoms with Crippen LogP contribution in [0.25, 0.3) is 0 Å². The van der Waals surface area contributed by atoms with Crippen molar-refractivity contribution < 1.29 is 18.7 Å². The number of aromatic nitrogens is 2. The molecular formula is C20H26N4O2+2. The van der Waals surface area contributed by atoms with E-state index in [1.165, 1.54) is 0 Å². The predicted molar refractivity (Wildman–Crippen MR) is 96.2 cm³/mol. The Morgan fingerprint density at radius 1 is 0.808 bits per heavy atom.